The van der Waals surface area contributed by atoms with Crippen molar-refractivity contribution in [1.29, 1.82) is 0 Å². The maximum Gasteiger partial charge on any atom is 0.305 e. The van der Waals surface area contributed by atoms with E-state index in [1.165, 1.54) is 32.8 Å². The number of rotatable bonds is 11. The van der Waals surface area contributed by atoms with Crippen molar-refractivity contribution in [2.45, 2.75) is 93.4 Å². The lowest BCUT2D eigenvalue weighted by Gasteiger charge is -2.22. The van der Waals surface area contributed by atoms with Gasteiger partial charge in [0.2, 0.25) is 0 Å². The van der Waals surface area contributed by atoms with E-state index in [0.29, 0.717) is 12.3 Å². The van der Waals surface area contributed by atoms with Crippen LogP contribution >= 0.6 is 22.6 Å². The summed E-state index contributed by atoms with van der Waals surface area (Å²) in [5.41, 5.74) is 0. The van der Waals surface area contributed by atoms with Crippen molar-refractivity contribution in [3.8, 4) is 0 Å². The molecule has 2 fully saturated rings. The van der Waals surface area contributed by atoms with Gasteiger partial charge in [-0.3, -0.25) is 4.79 Å². The highest BCUT2D eigenvalue weighted by atomic mass is 127. The van der Waals surface area contributed by atoms with Crippen LogP contribution in [0.4, 0.5) is 4.39 Å². The maximum absolute atomic E-state index is 15.1. The molecule has 0 radical (unpaired) electrons. The van der Waals surface area contributed by atoms with Crippen molar-refractivity contribution in [2.24, 2.45) is 11.8 Å². The van der Waals surface area contributed by atoms with E-state index < -0.39 is 6.17 Å². The molecule has 0 aromatic heterocycles. The Morgan fingerprint density at radius 2 is 2.12 bits per heavy atom. The first-order valence-corrected chi connectivity index (χ1v) is 11.5. The monoisotopic (exact) mass is 480 g/mol. The molecular weight excluding hydrogens is 446 g/mol. The summed E-state index contributed by atoms with van der Waals surface area (Å²) >= 11 is 2.30. The Hall–Kier alpha value is -0.170. The number of halogens is 2. The standard InChI is InChI=1S/C21H34FIO3/c1-3-4-5-6-7-8-10-15-13-14-17-19(15)20(22)21(26-17)16(23)11-9-12-18(24)25-2/h8,10,15-17,19-21H,3-7,9,11-14H2,1-2H3/t15-,16?,17?,19+,20?,21?/m0/s1. The number of carbonyl (C=O) groups is 1. The number of esters is 1. The molecule has 0 N–H and O–H groups in total. The molecule has 2 rings (SSSR count). The molecule has 0 amide bonds. The fourth-order valence-electron chi connectivity index (χ4n) is 4.29. The molecule has 26 heavy (non-hydrogen) atoms. The number of unbranched alkanes of at least 4 members (excludes halogenated alkanes) is 4. The van der Waals surface area contributed by atoms with Gasteiger partial charge in [0.05, 0.1) is 13.2 Å². The SMILES string of the molecule is CCCCCCC=C[C@H]1CCC2OC(C(I)CCCC(=O)OC)C(F)[C@@H]21. The van der Waals surface area contributed by atoms with Crippen molar-refractivity contribution < 1.29 is 18.7 Å². The van der Waals surface area contributed by atoms with Gasteiger partial charge in [-0.15, -0.1) is 0 Å². The fraction of sp³-hybridized carbons (Fsp3) is 0.857. The zero-order valence-corrected chi connectivity index (χ0v) is 18.3. The van der Waals surface area contributed by atoms with Crippen LogP contribution in [-0.4, -0.2) is 35.4 Å². The average Bonchev–Trinajstić information content (AvgIpc) is 3.18. The van der Waals surface area contributed by atoms with Gasteiger partial charge in [0.1, 0.15) is 12.3 Å². The third-order valence-corrected chi connectivity index (χ3v) is 7.11. The lowest BCUT2D eigenvalue weighted by molar-refractivity contribution is -0.140. The van der Waals surface area contributed by atoms with Crippen LogP contribution in [0.3, 0.4) is 0 Å². The third-order valence-electron chi connectivity index (χ3n) is 5.77. The van der Waals surface area contributed by atoms with Crippen LogP contribution < -0.4 is 0 Å². The molecule has 1 saturated heterocycles. The minimum atomic E-state index is -0.891. The first kappa shape index (κ1) is 22.1. The highest BCUT2D eigenvalue weighted by Crippen LogP contribution is 2.47. The van der Waals surface area contributed by atoms with E-state index in [1.54, 1.807) is 0 Å². The largest absolute Gasteiger partial charge is 0.469 e. The number of alkyl halides is 2. The van der Waals surface area contributed by atoms with E-state index in [4.69, 9.17) is 4.74 Å². The highest BCUT2D eigenvalue weighted by molar-refractivity contribution is 14.1. The second-order valence-electron chi connectivity index (χ2n) is 7.66. The minimum Gasteiger partial charge on any atom is -0.469 e. The minimum absolute atomic E-state index is 0.0183. The number of hydrogen-bond donors (Lipinski definition) is 0. The quantitative estimate of drug-likeness (QED) is 0.123. The fourth-order valence-corrected chi connectivity index (χ4v) is 5.30. The summed E-state index contributed by atoms with van der Waals surface area (Å²) in [6, 6.07) is 0. The molecule has 5 heteroatoms. The van der Waals surface area contributed by atoms with Gasteiger partial charge < -0.3 is 9.47 Å². The number of hydrogen-bond acceptors (Lipinski definition) is 3. The molecule has 6 atom stereocenters. The zero-order valence-electron chi connectivity index (χ0n) is 16.2. The number of allylic oxidation sites excluding steroid dienone is 2. The molecule has 0 aromatic rings. The van der Waals surface area contributed by atoms with E-state index in [-0.39, 0.29) is 28.0 Å². The molecule has 4 unspecified atom stereocenters. The van der Waals surface area contributed by atoms with Crippen molar-refractivity contribution in [1.82, 2.24) is 0 Å². The predicted molar refractivity (Wildman–Crippen MR) is 111 cm³/mol. The summed E-state index contributed by atoms with van der Waals surface area (Å²) < 4.78 is 26.0. The van der Waals surface area contributed by atoms with Gasteiger partial charge in [0.25, 0.3) is 0 Å². The normalized spacial score (nSPS) is 32.1. The van der Waals surface area contributed by atoms with Gasteiger partial charge in [0.15, 0.2) is 0 Å². The third kappa shape index (κ3) is 6.18. The zero-order chi connectivity index (χ0) is 18.9. The number of methoxy groups -OCH3 is 1. The van der Waals surface area contributed by atoms with Crippen LogP contribution in [0, 0.1) is 11.8 Å². The molecule has 1 heterocycles. The Morgan fingerprint density at radius 3 is 2.85 bits per heavy atom. The van der Waals surface area contributed by atoms with E-state index in [0.717, 1.165) is 32.1 Å². The van der Waals surface area contributed by atoms with Gasteiger partial charge in [-0.05, 0) is 44.4 Å². The van der Waals surface area contributed by atoms with E-state index in [2.05, 4.69) is 46.4 Å². The second kappa shape index (κ2) is 11.6. The Kier molecular flexibility index (Phi) is 9.89. The van der Waals surface area contributed by atoms with Gasteiger partial charge in [-0.2, -0.15) is 0 Å². The van der Waals surface area contributed by atoms with Gasteiger partial charge in [-0.1, -0.05) is 60.9 Å². The Morgan fingerprint density at radius 1 is 1.31 bits per heavy atom. The highest BCUT2D eigenvalue weighted by Gasteiger charge is 2.52. The molecule has 1 aliphatic carbocycles. The number of carbonyl (C=O) groups excluding carboxylic acids is 1. The van der Waals surface area contributed by atoms with Crippen LogP contribution in [-0.2, 0) is 14.3 Å². The van der Waals surface area contributed by atoms with Crippen molar-refractivity contribution >= 4 is 28.6 Å². The Balaban J connectivity index is 1.78. The van der Waals surface area contributed by atoms with Crippen LogP contribution in [0.1, 0.15) is 71.1 Å². The van der Waals surface area contributed by atoms with Gasteiger partial charge in [-0.25, -0.2) is 4.39 Å². The summed E-state index contributed by atoms with van der Waals surface area (Å²) in [6.45, 7) is 2.22. The number of ether oxygens (including phenoxy) is 2. The second-order valence-corrected chi connectivity index (χ2v) is 9.26. The molecular formula is C21H34FIO3. The maximum atomic E-state index is 15.1. The average molecular weight is 480 g/mol. The Bertz CT molecular complexity index is 457. The molecule has 150 valence electrons. The summed E-state index contributed by atoms with van der Waals surface area (Å²) in [5.74, 6) is 0.147. The van der Waals surface area contributed by atoms with Crippen molar-refractivity contribution in [3.63, 3.8) is 0 Å². The van der Waals surface area contributed by atoms with Crippen molar-refractivity contribution in [2.75, 3.05) is 7.11 Å². The van der Waals surface area contributed by atoms with E-state index in [1.807, 2.05) is 0 Å². The topological polar surface area (TPSA) is 35.5 Å². The molecule has 0 spiro atoms. The predicted octanol–water partition coefficient (Wildman–Crippen LogP) is 5.79. The molecule has 2 aliphatic rings. The first-order valence-electron chi connectivity index (χ1n) is 10.3. The summed E-state index contributed by atoms with van der Waals surface area (Å²) in [6.07, 6.45) is 13.5. The summed E-state index contributed by atoms with van der Waals surface area (Å²) in [7, 11) is 1.40. The molecule has 1 saturated carbocycles. The lowest BCUT2D eigenvalue weighted by atomic mass is 9.88. The van der Waals surface area contributed by atoms with Crippen LogP contribution in [0.5, 0.6) is 0 Å². The number of fused-ring (bicyclic) bond motifs is 1. The summed E-state index contributed by atoms with van der Waals surface area (Å²) in [4.78, 5) is 11.2. The smallest absolute Gasteiger partial charge is 0.305 e. The van der Waals surface area contributed by atoms with E-state index in [9.17, 15) is 4.79 Å². The van der Waals surface area contributed by atoms with Crippen LogP contribution in [0.2, 0.25) is 0 Å². The molecule has 3 nitrogen and oxygen atoms in total. The van der Waals surface area contributed by atoms with Crippen LogP contribution in [0.15, 0.2) is 12.2 Å². The molecule has 0 bridgehead atoms. The van der Waals surface area contributed by atoms with Crippen molar-refractivity contribution in [3.05, 3.63) is 12.2 Å². The van der Waals surface area contributed by atoms with E-state index >= 15 is 4.39 Å². The molecule has 0 aromatic carbocycles. The Labute approximate surface area is 171 Å². The lowest BCUT2D eigenvalue weighted by Crippen LogP contribution is -2.32. The molecule has 1 aliphatic heterocycles. The first-order chi connectivity index (χ1) is 12.6. The van der Waals surface area contributed by atoms with Gasteiger partial charge in [0, 0.05) is 16.3 Å². The van der Waals surface area contributed by atoms with Crippen LogP contribution in [0.25, 0.3) is 0 Å². The van der Waals surface area contributed by atoms with Gasteiger partial charge >= 0.3 is 5.97 Å². The summed E-state index contributed by atoms with van der Waals surface area (Å²) in [5, 5.41) is 0.